The molecule has 0 spiro atoms. The van der Waals surface area contributed by atoms with Crippen molar-refractivity contribution in [3.8, 4) is 0 Å². The molecule has 50 valence electrons. The Morgan fingerprint density at radius 1 is 1.50 bits per heavy atom. The van der Waals surface area contributed by atoms with Crippen LogP contribution in [0.2, 0.25) is 0 Å². The highest BCUT2D eigenvalue weighted by Gasteiger charge is 2.18. The van der Waals surface area contributed by atoms with E-state index in [9.17, 15) is 0 Å². The summed E-state index contributed by atoms with van der Waals surface area (Å²) in [6.45, 7) is 0.518. The number of nitrogens with one attached hydrogen (secondary N) is 1. The Hall–Kier alpha value is -1.38. The highest BCUT2D eigenvalue weighted by Crippen LogP contribution is 2.09. The highest BCUT2D eigenvalue weighted by atomic mass is 15.3. The summed E-state index contributed by atoms with van der Waals surface area (Å²) >= 11 is 0. The van der Waals surface area contributed by atoms with Gasteiger partial charge in [-0.1, -0.05) is 6.08 Å². The zero-order valence-electron chi connectivity index (χ0n) is 5.41. The maximum Gasteiger partial charge on any atom is 0.133 e. The number of fused-ring (bicyclic) bond motifs is 1. The summed E-state index contributed by atoms with van der Waals surface area (Å²) in [4.78, 5) is 5.90. The van der Waals surface area contributed by atoms with Gasteiger partial charge in [-0.3, -0.25) is 15.3 Å². The molecule has 0 bridgehead atoms. The molecule has 2 rings (SSSR count). The second-order valence-corrected chi connectivity index (χ2v) is 2.19. The summed E-state index contributed by atoms with van der Waals surface area (Å²) in [5.74, 6) is 1.43. The zero-order chi connectivity index (χ0) is 6.97. The van der Waals surface area contributed by atoms with Gasteiger partial charge < -0.3 is 0 Å². The molecule has 2 aliphatic rings. The molecule has 10 heavy (non-hydrogen) atoms. The molecule has 0 radical (unpaired) electrons. The summed E-state index contributed by atoms with van der Waals surface area (Å²) < 4.78 is 0. The fourth-order valence-corrected chi connectivity index (χ4v) is 1.02. The first-order chi connectivity index (χ1) is 4.88. The number of rotatable bonds is 0. The van der Waals surface area contributed by atoms with Crippen LogP contribution in [-0.2, 0) is 0 Å². The van der Waals surface area contributed by atoms with Gasteiger partial charge in [-0.25, -0.2) is 0 Å². The molecule has 2 heterocycles. The number of aliphatic imine (C=N–C) groups is 1. The Morgan fingerprint density at radius 3 is 3.20 bits per heavy atom. The monoisotopic (exact) mass is 133 g/mol. The molecule has 3 nitrogen and oxygen atoms in total. The fourth-order valence-electron chi connectivity index (χ4n) is 1.02. The van der Waals surface area contributed by atoms with Gasteiger partial charge in [0.15, 0.2) is 0 Å². The van der Waals surface area contributed by atoms with Gasteiger partial charge in [0.2, 0.25) is 0 Å². The number of amidine groups is 2. The van der Waals surface area contributed by atoms with E-state index in [-0.39, 0.29) is 0 Å². The van der Waals surface area contributed by atoms with E-state index in [2.05, 4.69) is 4.99 Å². The molecule has 0 aliphatic carbocycles. The van der Waals surface area contributed by atoms with Gasteiger partial charge in [0.05, 0.1) is 6.54 Å². The van der Waals surface area contributed by atoms with Crippen LogP contribution in [0.4, 0.5) is 0 Å². The molecule has 0 aromatic carbocycles. The number of nitrogens with zero attached hydrogens (tertiary/aromatic N) is 2. The minimum absolute atomic E-state index is 0.518. The molecule has 3 heteroatoms. The average molecular weight is 133 g/mol. The van der Waals surface area contributed by atoms with Crippen molar-refractivity contribution in [2.45, 2.75) is 0 Å². The summed E-state index contributed by atoms with van der Waals surface area (Å²) in [6, 6.07) is 0. The molecule has 1 N–H and O–H groups in total. The maximum absolute atomic E-state index is 7.40. The lowest BCUT2D eigenvalue weighted by Crippen LogP contribution is -2.26. The number of allylic oxidation sites excluding steroid dienone is 2. The van der Waals surface area contributed by atoms with Crippen molar-refractivity contribution < 1.29 is 0 Å². The molecule has 0 aromatic rings. The van der Waals surface area contributed by atoms with E-state index < -0.39 is 0 Å². The van der Waals surface area contributed by atoms with E-state index in [4.69, 9.17) is 5.41 Å². The third kappa shape index (κ3) is 0.603. The molecule has 0 aromatic heterocycles. The van der Waals surface area contributed by atoms with Crippen LogP contribution in [0, 0.1) is 5.41 Å². The van der Waals surface area contributed by atoms with E-state index in [0.717, 1.165) is 5.84 Å². The van der Waals surface area contributed by atoms with Crippen molar-refractivity contribution in [3.63, 3.8) is 0 Å². The minimum Gasteiger partial charge on any atom is -0.289 e. The molecule has 0 atom stereocenters. The van der Waals surface area contributed by atoms with Crippen LogP contribution in [0.5, 0.6) is 0 Å². The lowest BCUT2D eigenvalue weighted by atomic mass is 10.3. The molecule has 0 amide bonds. The van der Waals surface area contributed by atoms with Gasteiger partial charge in [0.25, 0.3) is 0 Å². The van der Waals surface area contributed by atoms with Crippen molar-refractivity contribution in [1.29, 1.82) is 5.41 Å². The molecule has 0 fully saturated rings. The van der Waals surface area contributed by atoms with Crippen LogP contribution in [-0.4, -0.2) is 23.1 Å². The van der Waals surface area contributed by atoms with Gasteiger partial charge in [0, 0.05) is 6.20 Å². The van der Waals surface area contributed by atoms with Gasteiger partial charge in [-0.15, -0.1) is 0 Å². The molecule has 0 saturated heterocycles. The largest absolute Gasteiger partial charge is 0.289 e. The number of hydrogen-bond donors (Lipinski definition) is 1. The minimum atomic E-state index is 0.518. The van der Waals surface area contributed by atoms with Gasteiger partial charge in [-0.2, -0.15) is 0 Å². The first-order valence-corrected chi connectivity index (χ1v) is 3.14. The molecular formula is C7H7N3. The smallest absolute Gasteiger partial charge is 0.133 e. The van der Waals surface area contributed by atoms with Gasteiger partial charge >= 0.3 is 0 Å². The average Bonchev–Trinajstić information content (AvgIpc) is 2.34. The topological polar surface area (TPSA) is 39.5 Å². The predicted octanol–water partition coefficient (Wildman–Crippen LogP) is 0.761. The van der Waals surface area contributed by atoms with E-state index in [1.54, 1.807) is 4.90 Å². The second-order valence-electron chi connectivity index (χ2n) is 2.19. The molecule has 0 unspecified atom stereocenters. The van der Waals surface area contributed by atoms with Gasteiger partial charge in [0.1, 0.15) is 11.7 Å². The van der Waals surface area contributed by atoms with E-state index >= 15 is 0 Å². The van der Waals surface area contributed by atoms with Crippen LogP contribution >= 0.6 is 0 Å². The fraction of sp³-hybridized carbons (Fsp3) is 0.143. The molecular weight excluding hydrogens is 126 g/mol. The first kappa shape index (κ1) is 5.41. The Kier molecular flexibility index (Phi) is 0.974. The Morgan fingerprint density at radius 2 is 2.40 bits per heavy atom. The van der Waals surface area contributed by atoms with E-state index in [1.165, 1.54) is 0 Å². The maximum atomic E-state index is 7.40. The lowest BCUT2D eigenvalue weighted by molar-refractivity contribution is 0.837. The van der Waals surface area contributed by atoms with Crippen molar-refractivity contribution in [1.82, 2.24) is 4.90 Å². The third-order valence-corrected chi connectivity index (χ3v) is 1.52. The summed E-state index contributed by atoms with van der Waals surface area (Å²) in [6.07, 6.45) is 7.59. The highest BCUT2D eigenvalue weighted by molar-refractivity contribution is 6.11. The van der Waals surface area contributed by atoms with Gasteiger partial charge in [-0.05, 0) is 12.2 Å². The lowest BCUT2D eigenvalue weighted by Gasteiger charge is -2.14. The normalized spacial score (nSPS) is 21.4. The SMILES string of the molecule is N=C1CN=C2C=CC=CN12. The van der Waals surface area contributed by atoms with E-state index in [0.29, 0.717) is 12.4 Å². The first-order valence-electron chi connectivity index (χ1n) is 3.14. The summed E-state index contributed by atoms with van der Waals surface area (Å²) in [5, 5.41) is 7.40. The summed E-state index contributed by atoms with van der Waals surface area (Å²) in [7, 11) is 0. The zero-order valence-corrected chi connectivity index (χ0v) is 5.41. The van der Waals surface area contributed by atoms with Crippen LogP contribution in [0.15, 0.2) is 29.4 Å². The Bertz CT molecular complexity index is 260. The Labute approximate surface area is 58.9 Å². The number of hydrogen-bond acceptors (Lipinski definition) is 2. The standard InChI is InChI=1S/C7H7N3/c8-6-5-9-7-3-1-2-4-10(6)7/h1-4,8H,5H2. The van der Waals surface area contributed by atoms with Crippen LogP contribution < -0.4 is 0 Å². The molecule has 0 saturated carbocycles. The quantitative estimate of drug-likeness (QED) is 0.520. The second kappa shape index (κ2) is 1.80. The summed E-state index contributed by atoms with van der Waals surface area (Å²) in [5.41, 5.74) is 0. The van der Waals surface area contributed by atoms with Crippen molar-refractivity contribution in [2.24, 2.45) is 4.99 Å². The van der Waals surface area contributed by atoms with Crippen molar-refractivity contribution >= 4 is 11.7 Å². The van der Waals surface area contributed by atoms with Crippen molar-refractivity contribution in [2.75, 3.05) is 6.54 Å². The third-order valence-electron chi connectivity index (χ3n) is 1.52. The van der Waals surface area contributed by atoms with Crippen LogP contribution in [0.25, 0.3) is 0 Å². The van der Waals surface area contributed by atoms with Crippen molar-refractivity contribution in [3.05, 3.63) is 24.4 Å². The molecule has 2 aliphatic heterocycles. The van der Waals surface area contributed by atoms with E-state index in [1.807, 2.05) is 24.4 Å². The van der Waals surface area contributed by atoms with Crippen LogP contribution in [0.3, 0.4) is 0 Å². The Balaban J connectivity index is 2.39. The predicted molar refractivity (Wildman–Crippen MR) is 40.1 cm³/mol. The van der Waals surface area contributed by atoms with Crippen LogP contribution in [0.1, 0.15) is 0 Å².